The first-order valence-corrected chi connectivity index (χ1v) is 10.0. The number of nitrogens with one attached hydrogen (secondary N) is 2. The minimum atomic E-state index is -3.84. The van der Waals surface area contributed by atoms with Crippen molar-refractivity contribution in [3.8, 4) is 0 Å². The van der Waals surface area contributed by atoms with Crippen LogP contribution in [0.4, 0.5) is 5.82 Å². The van der Waals surface area contributed by atoms with Crippen LogP contribution in [-0.4, -0.2) is 45.9 Å². The predicted molar refractivity (Wildman–Crippen MR) is 80.8 cm³/mol. The SMILES string of the molecule is CCNc1ncc(S(=O)(=O)NC2CCS(=O)(=O)C2)cc1Cl. The van der Waals surface area contributed by atoms with E-state index in [1.165, 1.54) is 12.3 Å². The molecule has 0 saturated carbocycles. The van der Waals surface area contributed by atoms with Crippen LogP contribution in [0.2, 0.25) is 5.02 Å². The van der Waals surface area contributed by atoms with Gasteiger partial charge in [-0.2, -0.15) is 0 Å². The molecule has 1 aromatic rings. The van der Waals surface area contributed by atoms with E-state index in [4.69, 9.17) is 11.6 Å². The normalized spacial score (nSPS) is 21.3. The number of pyridine rings is 1. The number of hydrogen-bond acceptors (Lipinski definition) is 6. The van der Waals surface area contributed by atoms with Crippen LogP contribution in [0.5, 0.6) is 0 Å². The van der Waals surface area contributed by atoms with E-state index in [1.807, 2.05) is 6.92 Å². The zero-order valence-electron chi connectivity index (χ0n) is 11.3. The first-order valence-electron chi connectivity index (χ1n) is 6.35. The summed E-state index contributed by atoms with van der Waals surface area (Å²) in [7, 11) is -6.99. The van der Waals surface area contributed by atoms with Gasteiger partial charge in [-0.1, -0.05) is 11.6 Å². The highest BCUT2D eigenvalue weighted by Crippen LogP contribution is 2.23. The third-order valence-corrected chi connectivity index (χ3v) is 6.57. The van der Waals surface area contributed by atoms with E-state index < -0.39 is 25.9 Å². The molecule has 7 nitrogen and oxygen atoms in total. The molecular weight excluding hydrogens is 338 g/mol. The quantitative estimate of drug-likeness (QED) is 0.804. The van der Waals surface area contributed by atoms with Gasteiger partial charge in [-0.25, -0.2) is 26.5 Å². The molecule has 1 aliphatic rings. The van der Waals surface area contributed by atoms with Gasteiger partial charge in [0.2, 0.25) is 10.0 Å². The summed E-state index contributed by atoms with van der Waals surface area (Å²) in [4.78, 5) is 3.87. The molecule has 2 rings (SSSR count). The lowest BCUT2D eigenvalue weighted by Gasteiger charge is -2.12. The van der Waals surface area contributed by atoms with Gasteiger partial charge in [-0.05, 0) is 19.4 Å². The van der Waals surface area contributed by atoms with E-state index in [9.17, 15) is 16.8 Å². The van der Waals surface area contributed by atoms with Crippen molar-refractivity contribution in [2.45, 2.75) is 24.3 Å². The Morgan fingerprint density at radius 1 is 1.48 bits per heavy atom. The molecule has 1 saturated heterocycles. The van der Waals surface area contributed by atoms with Crippen LogP contribution in [0.1, 0.15) is 13.3 Å². The van der Waals surface area contributed by atoms with Crippen molar-refractivity contribution in [2.24, 2.45) is 0 Å². The number of hydrogen-bond donors (Lipinski definition) is 2. The Labute approximate surface area is 129 Å². The van der Waals surface area contributed by atoms with Crippen LogP contribution in [-0.2, 0) is 19.9 Å². The number of anilines is 1. The van der Waals surface area contributed by atoms with Gasteiger partial charge in [0, 0.05) is 18.8 Å². The summed E-state index contributed by atoms with van der Waals surface area (Å²) < 4.78 is 49.5. The van der Waals surface area contributed by atoms with Crippen LogP contribution in [0, 0.1) is 0 Å². The van der Waals surface area contributed by atoms with Gasteiger partial charge < -0.3 is 5.32 Å². The maximum Gasteiger partial charge on any atom is 0.242 e. The summed E-state index contributed by atoms with van der Waals surface area (Å²) >= 11 is 5.96. The molecule has 21 heavy (non-hydrogen) atoms. The number of sulfone groups is 1. The molecule has 0 spiro atoms. The second kappa shape index (κ2) is 6.07. The second-order valence-electron chi connectivity index (χ2n) is 4.75. The average molecular weight is 354 g/mol. The first kappa shape index (κ1) is 16.5. The molecule has 10 heteroatoms. The van der Waals surface area contributed by atoms with E-state index in [0.29, 0.717) is 12.4 Å². The Morgan fingerprint density at radius 3 is 2.71 bits per heavy atom. The smallest absolute Gasteiger partial charge is 0.242 e. The topological polar surface area (TPSA) is 105 Å². The highest BCUT2D eigenvalue weighted by molar-refractivity contribution is 7.92. The summed E-state index contributed by atoms with van der Waals surface area (Å²) in [6.07, 6.45) is 1.47. The molecule has 1 aromatic heterocycles. The Kier molecular flexibility index (Phi) is 4.76. The van der Waals surface area contributed by atoms with Crippen LogP contribution in [0.3, 0.4) is 0 Å². The summed E-state index contributed by atoms with van der Waals surface area (Å²) in [6, 6.07) is 0.686. The Balaban J connectivity index is 2.18. The lowest BCUT2D eigenvalue weighted by Crippen LogP contribution is -2.35. The Morgan fingerprint density at radius 2 is 2.19 bits per heavy atom. The van der Waals surface area contributed by atoms with Crippen LogP contribution in [0.15, 0.2) is 17.2 Å². The zero-order chi connectivity index (χ0) is 15.7. The van der Waals surface area contributed by atoms with Gasteiger partial charge in [-0.3, -0.25) is 0 Å². The van der Waals surface area contributed by atoms with Crippen molar-refractivity contribution in [3.05, 3.63) is 17.3 Å². The van der Waals surface area contributed by atoms with E-state index in [1.54, 1.807) is 0 Å². The molecule has 0 amide bonds. The molecule has 0 bridgehead atoms. The number of sulfonamides is 1. The second-order valence-corrected chi connectivity index (χ2v) is 9.10. The minimum Gasteiger partial charge on any atom is -0.369 e. The first-order chi connectivity index (χ1) is 9.73. The molecule has 0 aliphatic carbocycles. The van der Waals surface area contributed by atoms with Gasteiger partial charge in [0.15, 0.2) is 9.84 Å². The summed E-state index contributed by atoms with van der Waals surface area (Å²) in [5.74, 6) is 0.225. The molecule has 118 valence electrons. The Hall–Kier alpha value is -0.900. The lowest BCUT2D eigenvalue weighted by atomic mass is 10.3. The summed E-state index contributed by atoms with van der Waals surface area (Å²) in [6.45, 7) is 2.47. The highest BCUT2D eigenvalue weighted by atomic mass is 35.5. The van der Waals surface area contributed by atoms with Gasteiger partial charge in [0.25, 0.3) is 0 Å². The van der Waals surface area contributed by atoms with E-state index in [-0.39, 0.29) is 27.8 Å². The van der Waals surface area contributed by atoms with Gasteiger partial charge >= 0.3 is 0 Å². The molecule has 1 fully saturated rings. The number of aromatic nitrogens is 1. The molecule has 0 radical (unpaired) electrons. The van der Waals surface area contributed by atoms with Crippen molar-refractivity contribution in [1.82, 2.24) is 9.71 Å². The number of halogens is 1. The standard InChI is InChI=1S/C11H16ClN3O4S2/c1-2-13-11-10(12)5-9(6-14-11)21(18,19)15-8-3-4-20(16,17)7-8/h5-6,8,15H,2-4,7H2,1H3,(H,13,14). The largest absolute Gasteiger partial charge is 0.369 e. The van der Waals surface area contributed by atoms with Crippen molar-refractivity contribution in [2.75, 3.05) is 23.4 Å². The highest BCUT2D eigenvalue weighted by Gasteiger charge is 2.31. The summed E-state index contributed by atoms with van der Waals surface area (Å²) in [5, 5.41) is 3.09. The van der Waals surface area contributed by atoms with E-state index in [2.05, 4.69) is 15.0 Å². The maximum absolute atomic E-state index is 12.2. The predicted octanol–water partition coefficient (Wildman–Crippen LogP) is 0.632. The van der Waals surface area contributed by atoms with Gasteiger partial charge in [0.05, 0.1) is 16.5 Å². The van der Waals surface area contributed by atoms with Crippen molar-refractivity contribution in [1.29, 1.82) is 0 Å². The number of nitrogens with zero attached hydrogens (tertiary/aromatic N) is 1. The van der Waals surface area contributed by atoms with Crippen LogP contribution in [0.25, 0.3) is 0 Å². The molecular formula is C11H16ClN3O4S2. The van der Waals surface area contributed by atoms with Crippen molar-refractivity contribution >= 4 is 37.3 Å². The summed E-state index contributed by atoms with van der Waals surface area (Å²) in [5.41, 5.74) is 0. The fourth-order valence-corrected chi connectivity index (χ4v) is 5.36. The maximum atomic E-state index is 12.2. The van der Waals surface area contributed by atoms with E-state index in [0.717, 1.165) is 0 Å². The van der Waals surface area contributed by atoms with Crippen LogP contribution < -0.4 is 10.0 Å². The van der Waals surface area contributed by atoms with Crippen molar-refractivity contribution < 1.29 is 16.8 Å². The molecule has 1 aliphatic heterocycles. The van der Waals surface area contributed by atoms with E-state index >= 15 is 0 Å². The fourth-order valence-electron chi connectivity index (χ4n) is 2.04. The van der Waals surface area contributed by atoms with Gasteiger partial charge in [0.1, 0.15) is 10.7 Å². The van der Waals surface area contributed by atoms with Crippen LogP contribution >= 0.6 is 11.6 Å². The molecule has 2 N–H and O–H groups in total. The third kappa shape index (κ3) is 4.06. The lowest BCUT2D eigenvalue weighted by molar-refractivity contribution is 0.562. The molecule has 1 unspecified atom stereocenters. The van der Waals surface area contributed by atoms with Crippen molar-refractivity contribution in [3.63, 3.8) is 0 Å². The Bertz CT molecular complexity index is 734. The molecule has 1 atom stereocenters. The minimum absolute atomic E-state index is 0.00144. The average Bonchev–Trinajstić information content (AvgIpc) is 2.70. The zero-order valence-corrected chi connectivity index (χ0v) is 13.7. The third-order valence-electron chi connectivity index (χ3n) is 3.02. The van der Waals surface area contributed by atoms with Gasteiger partial charge in [-0.15, -0.1) is 0 Å². The number of rotatable bonds is 5. The monoisotopic (exact) mass is 353 g/mol. The molecule has 2 heterocycles. The molecule has 0 aromatic carbocycles. The fraction of sp³-hybridized carbons (Fsp3) is 0.545.